The van der Waals surface area contributed by atoms with Gasteiger partial charge in [-0.05, 0) is 36.5 Å². The molecule has 1 aromatic rings. The Morgan fingerprint density at radius 2 is 2.00 bits per heavy atom. The minimum absolute atomic E-state index is 0.354. The summed E-state index contributed by atoms with van der Waals surface area (Å²) < 4.78 is 13.2. The zero-order valence-electron chi connectivity index (χ0n) is 11.5. The van der Waals surface area contributed by atoms with Gasteiger partial charge >= 0.3 is 0 Å². The second-order valence-electron chi connectivity index (χ2n) is 5.68. The molecule has 0 bridgehead atoms. The van der Waals surface area contributed by atoms with Crippen LogP contribution in [0.3, 0.4) is 0 Å². The fourth-order valence-corrected chi connectivity index (χ4v) is 2.79. The Morgan fingerprint density at radius 3 is 2.68 bits per heavy atom. The first-order chi connectivity index (χ1) is 9.17. The lowest BCUT2D eigenvalue weighted by Crippen LogP contribution is -2.15. The summed E-state index contributed by atoms with van der Waals surface area (Å²) in [6, 6.07) is 6.38. The van der Waals surface area contributed by atoms with Crippen molar-refractivity contribution >= 4 is 5.69 Å². The van der Waals surface area contributed by atoms with Gasteiger partial charge in [-0.1, -0.05) is 32.6 Å². The highest BCUT2D eigenvalue weighted by molar-refractivity contribution is 5.49. The zero-order chi connectivity index (χ0) is 13.7. The molecule has 1 N–H and O–H groups in total. The van der Waals surface area contributed by atoms with Crippen LogP contribution in [0.5, 0.6) is 0 Å². The Morgan fingerprint density at radius 1 is 1.26 bits per heavy atom. The average Bonchev–Trinajstić information content (AvgIpc) is 2.40. The highest BCUT2D eigenvalue weighted by atomic mass is 19.1. The summed E-state index contributed by atoms with van der Waals surface area (Å²) in [7, 11) is 0. The summed E-state index contributed by atoms with van der Waals surface area (Å²) in [5.41, 5.74) is 1.08. The van der Waals surface area contributed by atoms with Crippen LogP contribution in [-0.2, 0) is 0 Å². The summed E-state index contributed by atoms with van der Waals surface area (Å²) in [4.78, 5) is 0. The molecule has 0 heterocycles. The Balaban J connectivity index is 1.79. The Bertz CT molecular complexity index is 456. The van der Waals surface area contributed by atoms with Crippen LogP contribution < -0.4 is 5.32 Å². The molecule has 1 aliphatic rings. The zero-order valence-corrected chi connectivity index (χ0v) is 11.5. The van der Waals surface area contributed by atoms with Crippen LogP contribution in [0.1, 0.15) is 44.6 Å². The van der Waals surface area contributed by atoms with Crippen molar-refractivity contribution in [3.8, 4) is 6.07 Å². The van der Waals surface area contributed by atoms with Crippen molar-refractivity contribution in [1.82, 2.24) is 0 Å². The van der Waals surface area contributed by atoms with Crippen molar-refractivity contribution in [2.45, 2.75) is 39.0 Å². The van der Waals surface area contributed by atoms with Gasteiger partial charge in [-0.2, -0.15) is 5.26 Å². The van der Waals surface area contributed by atoms with Crippen LogP contribution >= 0.6 is 0 Å². The highest BCUT2D eigenvalue weighted by Crippen LogP contribution is 2.30. The first kappa shape index (κ1) is 13.9. The van der Waals surface area contributed by atoms with Gasteiger partial charge in [0, 0.05) is 12.2 Å². The molecule has 3 heteroatoms. The van der Waals surface area contributed by atoms with E-state index in [9.17, 15) is 4.39 Å². The molecule has 102 valence electrons. The number of hydrogen-bond acceptors (Lipinski definition) is 2. The van der Waals surface area contributed by atoms with Crippen molar-refractivity contribution < 1.29 is 4.39 Å². The van der Waals surface area contributed by atoms with Crippen LogP contribution in [0.4, 0.5) is 10.1 Å². The van der Waals surface area contributed by atoms with E-state index in [1.54, 1.807) is 6.07 Å². The first-order valence-corrected chi connectivity index (χ1v) is 7.12. The Hall–Kier alpha value is -1.56. The molecular formula is C16H21FN2. The molecule has 0 amide bonds. The lowest BCUT2D eigenvalue weighted by atomic mass is 9.81. The number of anilines is 1. The molecule has 0 unspecified atom stereocenters. The Labute approximate surface area is 114 Å². The lowest BCUT2D eigenvalue weighted by Gasteiger charge is -2.26. The molecule has 1 fully saturated rings. The van der Waals surface area contributed by atoms with Crippen LogP contribution in [0.25, 0.3) is 0 Å². The molecule has 1 aromatic carbocycles. The number of nitriles is 1. The summed E-state index contributed by atoms with van der Waals surface area (Å²) in [6.45, 7) is 3.18. The third-order valence-electron chi connectivity index (χ3n) is 4.04. The van der Waals surface area contributed by atoms with Gasteiger partial charge < -0.3 is 5.32 Å². The standard InChI is InChI=1S/C16H21FN2/c1-12-2-4-13(5-3-12)6-7-19-16-9-14(11-18)8-15(17)10-16/h8-10,12-13,19H,2-7H2,1H3. The van der Waals surface area contributed by atoms with Crippen molar-refractivity contribution in [1.29, 1.82) is 5.26 Å². The average molecular weight is 260 g/mol. The molecule has 0 saturated heterocycles. The molecule has 0 radical (unpaired) electrons. The summed E-state index contributed by atoms with van der Waals surface area (Å²) in [6.07, 6.45) is 6.43. The van der Waals surface area contributed by atoms with Gasteiger partial charge in [-0.25, -0.2) is 4.39 Å². The quantitative estimate of drug-likeness (QED) is 0.874. The SMILES string of the molecule is CC1CCC(CCNc2cc(F)cc(C#N)c2)CC1. The number of nitrogens with zero attached hydrogens (tertiary/aromatic N) is 1. The van der Waals surface area contributed by atoms with E-state index >= 15 is 0 Å². The monoisotopic (exact) mass is 260 g/mol. The van der Waals surface area contributed by atoms with Gasteiger partial charge in [0.05, 0.1) is 11.6 Å². The van der Waals surface area contributed by atoms with Gasteiger partial charge in [0.25, 0.3) is 0 Å². The molecule has 0 aromatic heterocycles. The predicted octanol–water partition coefficient (Wildman–Crippen LogP) is 4.33. The van der Waals surface area contributed by atoms with E-state index in [-0.39, 0.29) is 5.82 Å². The Kier molecular flexibility index (Phi) is 4.79. The van der Waals surface area contributed by atoms with E-state index in [2.05, 4.69) is 12.2 Å². The van der Waals surface area contributed by atoms with E-state index in [1.165, 1.54) is 37.8 Å². The van der Waals surface area contributed by atoms with Gasteiger partial charge in [0.15, 0.2) is 0 Å². The van der Waals surface area contributed by atoms with Crippen LogP contribution in [0.15, 0.2) is 18.2 Å². The normalized spacial score (nSPS) is 22.8. The highest BCUT2D eigenvalue weighted by Gasteiger charge is 2.17. The van der Waals surface area contributed by atoms with E-state index in [4.69, 9.17) is 5.26 Å². The fraction of sp³-hybridized carbons (Fsp3) is 0.562. The minimum atomic E-state index is -0.354. The minimum Gasteiger partial charge on any atom is -0.385 e. The number of hydrogen-bond donors (Lipinski definition) is 1. The second-order valence-corrected chi connectivity index (χ2v) is 5.68. The van der Waals surface area contributed by atoms with E-state index in [1.807, 2.05) is 6.07 Å². The molecule has 2 nitrogen and oxygen atoms in total. The smallest absolute Gasteiger partial charge is 0.126 e. The second kappa shape index (κ2) is 6.56. The molecule has 1 aliphatic carbocycles. The topological polar surface area (TPSA) is 35.8 Å². The van der Waals surface area contributed by atoms with Gasteiger partial charge in [-0.15, -0.1) is 0 Å². The third-order valence-corrected chi connectivity index (χ3v) is 4.04. The van der Waals surface area contributed by atoms with Crippen LogP contribution in [0.2, 0.25) is 0 Å². The van der Waals surface area contributed by atoms with E-state index < -0.39 is 0 Å². The largest absolute Gasteiger partial charge is 0.385 e. The summed E-state index contributed by atoms with van der Waals surface area (Å²) in [5.74, 6) is 1.33. The summed E-state index contributed by atoms with van der Waals surface area (Å²) >= 11 is 0. The van der Waals surface area contributed by atoms with Crippen molar-refractivity contribution in [3.63, 3.8) is 0 Å². The molecule has 0 aliphatic heterocycles. The van der Waals surface area contributed by atoms with Gasteiger partial charge in [-0.3, -0.25) is 0 Å². The maximum atomic E-state index is 13.2. The predicted molar refractivity (Wildman–Crippen MR) is 75.3 cm³/mol. The molecule has 0 atom stereocenters. The van der Waals surface area contributed by atoms with Gasteiger partial charge in [0.2, 0.25) is 0 Å². The molecular weight excluding hydrogens is 239 g/mol. The molecule has 19 heavy (non-hydrogen) atoms. The van der Waals surface area contributed by atoms with Gasteiger partial charge in [0.1, 0.15) is 5.82 Å². The number of rotatable bonds is 4. The number of nitrogens with one attached hydrogen (secondary N) is 1. The van der Waals surface area contributed by atoms with Crippen LogP contribution in [0, 0.1) is 29.0 Å². The molecule has 0 spiro atoms. The fourth-order valence-electron chi connectivity index (χ4n) is 2.79. The van der Waals surface area contributed by atoms with Crippen molar-refractivity contribution in [3.05, 3.63) is 29.6 Å². The van der Waals surface area contributed by atoms with Crippen LogP contribution in [-0.4, -0.2) is 6.54 Å². The van der Waals surface area contributed by atoms with Crippen molar-refractivity contribution in [2.75, 3.05) is 11.9 Å². The van der Waals surface area contributed by atoms with E-state index in [0.717, 1.165) is 24.8 Å². The maximum Gasteiger partial charge on any atom is 0.126 e. The third kappa shape index (κ3) is 4.24. The first-order valence-electron chi connectivity index (χ1n) is 7.12. The lowest BCUT2D eigenvalue weighted by molar-refractivity contribution is 0.282. The number of benzene rings is 1. The number of halogens is 1. The molecule has 2 rings (SSSR count). The molecule has 1 saturated carbocycles. The maximum absolute atomic E-state index is 13.2. The van der Waals surface area contributed by atoms with E-state index in [0.29, 0.717) is 11.3 Å². The summed E-state index contributed by atoms with van der Waals surface area (Å²) in [5, 5.41) is 12.0. The van der Waals surface area contributed by atoms with Crippen molar-refractivity contribution in [2.24, 2.45) is 11.8 Å².